The van der Waals surface area contributed by atoms with E-state index in [2.05, 4.69) is 35.2 Å². The van der Waals surface area contributed by atoms with Crippen molar-refractivity contribution >= 4 is 16.9 Å². The van der Waals surface area contributed by atoms with E-state index in [-0.39, 0.29) is 6.10 Å². The van der Waals surface area contributed by atoms with Crippen molar-refractivity contribution in [2.75, 3.05) is 19.7 Å². The van der Waals surface area contributed by atoms with Crippen LogP contribution in [0.5, 0.6) is 5.75 Å². The molecule has 3 atom stereocenters. The van der Waals surface area contributed by atoms with E-state index in [1.807, 2.05) is 12.1 Å². The van der Waals surface area contributed by atoms with Crippen LogP contribution in [0.4, 0.5) is 4.79 Å². The molecule has 5 heteroatoms. The molecular weight excluding hydrogens is 352 g/mol. The second-order valence-electron chi connectivity index (χ2n) is 7.99. The highest BCUT2D eigenvalue weighted by Gasteiger charge is 2.40. The molecule has 1 aliphatic heterocycles. The van der Waals surface area contributed by atoms with Gasteiger partial charge >= 0.3 is 6.09 Å². The molecule has 2 aromatic carbocycles. The average molecular weight is 383 g/mol. The lowest BCUT2D eigenvalue weighted by Gasteiger charge is -2.47. The standard InChI is InChI=1S/C23H30N2O3/c24-23(26)28-22-13-15-25(20-11-4-3-10-19(20)22)14-6-16-27-21-12-5-8-17-7-1-2-9-18(17)21/h1-2,5,7-9,12,19-20,22H,3-4,6,10-11,13-16H2,(H2,24,26). The maximum absolute atomic E-state index is 11.2. The van der Waals surface area contributed by atoms with Crippen molar-refractivity contribution in [2.24, 2.45) is 11.7 Å². The monoisotopic (exact) mass is 382 g/mol. The topological polar surface area (TPSA) is 64.8 Å². The van der Waals surface area contributed by atoms with E-state index in [9.17, 15) is 4.79 Å². The Bertz CT molecular complexity index is 804. The van der Waals surface area contributed by atoms with Gasteiger partial charge in [0.2, 0.25) is 0 Å². The minimum Gasteiger partial charge on any atom is -0.493 e. The minimum atomic E-state index is -0.633. The zero-order valence-electron chi connectivity index (χ0n) is 16.4. The number of primary amides is 1. The van der Waals surface area contributed by atoms with Crippen molar-refractivity contribution in [1.82, 2.24) is 4.90 Å². The van der Waals surface area contributed by atoms with E-state index < -0.39 is 6.09 Å². The number of nitrogens with two attached hydrogens (primary N) is 1. The summed E-state index contributed by atoms with van der Waals surface area (Å²) in [4.78, 5) is 13.8. The van der Waals surface area contributed by atoms with Crippen molar-refractivity contribution in [2.45, 2.75) is 50.7 Å². The van der Waals surface area contributed by atoms with Crippen LogP contribution in [0.3, 0.4) is 0 Å². The minimum absolute atomic E-state index is 0.00835. The number of benzene rings is 2. The molecule has 2 aromatic rings. The molecule has 5 nitrogen and oxygen atoms in total. The number of likely N-dealkylation sites (tertiary alicyclic amines) is 1. The van der Waals surface area contributed by atoms with Crippen LogP contribution in [0.2, 0.25) is 0 Å². The summed E-state index contributed by atoms with van der Waals surface area (Å²) in [6, 6.07) is 15.0. The van der Waals surface area contributed by atoms with Crippen molar-refractivity contribution in [3.05, 3.63) is 42.5 Å². The number of amides is 1. The Morgan fingerprint density at radius 3 is 2.79 bits per heavy atom. The summed E-state index contributed by atoms with van der Waals surface area (Å²) in [6.45, 7) is 2.70. The first kappa shape index (κ1) is 19.1. The molecule has 2 N–H and O–H groups in total. The van der Waals surface area contributed by atoms with Gasteiger partial charge in [0.25, 0.3) is 0 Å². The molecule has 0 bridgehead atoms. The van der Waals surface area contributed by atoms with Gasteiger partial charge in [0.15, 0.2) is 0 Å². The van der Waals surface area contributed by atoms with Gasteiger partial charge in [-0.15, -0.1) is 0 Å². The summed E-state index contributed by atoms with van der Waals surface area (Å²) < 4.78 is 11.5. The molecule has 2 fully saturated rings. The zero-order valence-corrected chi connectivity index (χ0v) is 16.4. The molecule has 150 valence electrons. The van der Waals surface area contributed by atoms with E-state index in [0.29, 0.717) is 18.6 Å². The molecule has 3 unspecified atom stereocenters. The molecule has 2 aliphatic rings. The fraction of sp³-hybridized carbons (Fsp3) is 0.522. The van der Waals surface area contributed by atoms with Crippen LogP contribution in [0.25, 0.3) is 10.8 Å². The molecule has 0 spiro atoms. The van der Waals surface area contributed by atoms with Crippen molar-refractivity contribution < 1.29 is 14.3 Å². The summed E-state index contributed by atoms with van der Waals surface area (Å²) in [5.74, 6) is 1.39. The highest BCUT2D eigenvalue weighted by Crippen LogP contribution is 2.37. The van der Waals surface area contributed by atoms with Crippen molar-refractivity contribution in [3.8, 4) is 5.75 Å². The lowest BCUT2D eigenvalue weighted by molar-refractivity contribution is -0.0423. The summed E-state index contributed by atoms with van der Waals surface area (Å²) >= 11 is 0. The number of rotatable bonds is 6. The molecule has 1 amide bonds. The molecular formula is C23H30N2O3. The van der Waals surface area contributed by atoms with Gasteiger partial charge in [-0.25, -0.2) is 4.79 Å². The summed E-state index contributed by atoms with van der Waals surface area (Å²) in [7, 11) is 0. The number of fused-ring (bicyclic) bond motifs is 2. The van der Waals surface area contributed by atoms with Crippen LogP contribution in [-0.2, 0) is 4.74 Å². The largest absolute Gasteiger partial charge is 0.493 e. The van der Waals surface area contributed by atoms with Gasteiger partial charge < -0.3 is 15.2 Å². The Kier molecular flexibility index (Phi) is 6.01. The van der Waals surface area contributed by atoms with Gasteiger partial charge in [-0.2, -0.15) is 0 Å². The number of ether oxygens (including phenoxy) is 2. The number of hydrogen-bond acceptors (Lipinski definition) is 4. The van der Waals surface area contributed by atoms with Crippen LogP contribution in [0.1, 0.15) is 38.5 Å². The first-order valence-corrected chi connectivity index (χ1v) is 10.5. The fourth-order valence-electron chi connectivity index (χ4n) is 5.04. The van der Waals surface area contributed by atoms with Crippen LogP contribution < -0.4 is 10.5 Å². The van der Waals surface area contributed by atoms with E-state index in [1.165, 1.54) is 30.0 Å². The first-order valence-electron chi connectivity index (χ1n) is 10.5. The lowest BCUT2D eigenvalue weighted by atomic mass is 9.76. The Hall–Kier alpha value is -2.27. The second-order valence-corrected chi connectivity index (χ2v) is 7.99. The Labute approximate surface area is 166 Å². The SMILES string of the molecule is NC(=O)OC1CCN(CCCOc2cccc3ccccc23)C2CCCCC12. The quantitative estimate of drug-likeness (QED) is 0.755. The van der Waals surface area contributed by atoms with Gasteiger partial charge in [-0.3, -0.25) is 4.90 Å². The molecule has 28 heavy (non-hydrogen) atoms. The van der Waals surface area contributed by atoms with Gasteiger partial charge in [0.1, 0.15) is 11.9 Å². The molecule has 1 aliphatic carbocycles. The molecule has 1 heterocycles. The third-order valence-corrected chi connectivity index (χ3v) is 6.29. The van der Waals surface area contributed by atoms with Gasteiger partial charge in [-0.1, -0.05) is 49.2 Å². The normalized spacial score (nSPS) is 25.2. The number of carbonyl (C=O) groups is 1. The number of hydrogen-bond donors (Lipinski definition) is 1. The van der Waals surface area contributed by atoms with Gasteiger partial charge in [0.05, 0.1) is 6.61 Å². The molecule has 1 saturated carbocycles. The third-order valence-electron chi connectivity index (χ3n) is 6.29. The van der Waals surface area contributed by atoms with E-state index in [1.54, 1.807) is 0 Å². The van der Waals surface area contributed by atoms with E-state index in [4.69, 9.17) is 15.2 Å². The summed E-state index contributed by atoms with van der Waals surface area (Å²) in [6.07, 6.45) is 6.03. The van der Waals surface area contributed by atoms with Crippen molar-refractivity contribution in [3.63, 3.8) is 0 Å². The van der Waals surface area contributed by atoms with Gasteiger partial charge in [0, 0.05) is 30.4 Å². The lowest BCUT2D eigenvalue weighted by Crippen LogP contribution is -2.54. The van der Waals surface area contributed by atoms with Crippen LogP contribution in [-0.4, -0.2) is 42.8 Å². The summed E-state index contributed by atoms with van der Waals surface area (Å²) in [5.41, 5.74) is 5.28. The Balaban J connectivity index is 1.31. The predicted molar refractivity (Wildman–Crippen MR) is 110 cm³/mol. The summed E-state index contributed by atoms with van der Waals surface area (Å²) in [5, 5.41) is 2.38. The average Bonchev–Trinajstić information content (AvgIpc) is 2.72. The van der Waals surface area contributed by atoms with Crippen LogP contribution in [0.15, 0.2) is 42.5 Å². The smallest absolute Gasteiger partial charge is 0.404 e. The molecule has 0 aromatic heterocycles. The van der Waals surface area contributed by atoms with Crippen LogP contribution >= 0.6 is 0 Å². The van der Waals surface area contributed by atoms with Gasteiger partial charge in [-0.05, 0) is 37.1 Å². The number of piperidine rings is 1. The molecule has 4 rings (SSSR count). The third kappa shape index (κ3) is 4.25. The Morgan fingerprint density at radius 1 is 1.07 bits per heavy atom. The van der Waals surface area contributed by atoms with E-state index >= 15 is 0 Å². The number of nitrogens with zero attached hydrogens (tertiary/aromatic N) is 1. The predicted octanol–water partition coefficient (Wildman–Crippen LogP) is 4.34. The van der Waals surface area contributed by atoms with Crippen LogP contribution in [0, 0.1) is 5.92 Å². The zero-order chi connectivity index (χ0) is 19.3. The highest BCUT2D eigenvalue weighted by atomic mass is 16.6. The Morgan fingerprint density at radius 2 is 1.89 bits per heavy atom. The van der Waals surface area contributed by atoms with E-state index in [0.717, 1.165) is 38.1 Å². The molecule has 1 saturated heterocycles. The fourth-order valence-corrected chi connectivity index (χ4v) is 5.04. The number of carbonyl (C=O) groups excluding carboxylic acids is 1. The highest BCUT2D eigenvalue weighted by molar-refractivity contribution is 5.88. The maximum Gasteiger partial charge on any atom is 0.404 e. The maximum atomic E-state index is 11.2. The van der Waals surface area contributed by atoms with Crippen molar-refractivity contribution in [1.29, 1.82) is 0 Å². The second kappa shape index (κ2) is 8.82. The molecule has 0 radical (unpaired) electrons. The first-order chi connectivity index (χ1) is 13.7.